The van der Waals surface area contributed by atoms with Gasteiger partial charge in [-0.2, -0.15) is 0 Å². The lowest BCUT2D eigenvalue weighted by molar-refractivity contribution is -0.114. The highest BCUT2D eigenvalue weighted by molar-refractivity contribution is 9.10. The van der Waals surface area contributed by atoms with Crippen molar-refractivity contribution in [3.05, 3.63) is 82.6 Å². The Morgan fingerprint density at radius 2 is 1.62 bits per heavy atom. The molecule has 1 saturated heterocycles. The standard InChI is InChI=1S/C26H29BrN4O/c1-20(32)29-25-9-3-21(4-10-25)18-30-13-2-14-31(16-15-30)19-23-17-28-12-11-26(23)22-5-7-24(27)8-6-22/h3-12,17H,2,13-16,18-19H2,1H3,(H,29,32). The van der Waals surface area contributed by atoms with Gasteiger partial charge in [0.2, 0.25) is 5.91 Å². The summed E-state index contributed by atoms with van der Waals surface area (Å²) < 4.78 is 1.09. The molecule has 1 N–H and O–H groups in total. The van der Waals surface area contributed by atoms with Crippen LogP contribution >= 0.6 is 15.9 Å². The minimum atomic E-state index is -0.0396. The lowest BCUT2D eigenvalue weighted by atomic mass is 10.0. The van der Waals surface area contributed by atoms with Crippen LogP contribution in [0.1, 0.15) is 24.5 Å². The highest BCUT2D eigenvalue weighted by Crippen LogP contribution is 2.26. The first-order valence-electron chi connectivity index (χ1n) is 11.1. The highest BCUT2D eigenvalue weighted by Gasteiger charge is 2.17. The molecule has 32 heavy (non-hydrogen) atoms. The lowest BCUT2D eigenvalue weighted by Crippen LogP contribution is -2.30. The summed E-state index contributed by atoms with van der Waals surface area (Å²) in [6.45, 7) is 7.65. The number of nitrogens with zero attached hydrogens (tertiary/aromatic N) is 3. The SMILES string of the molecule is CC(=O)Nc1ccc(CN2CCCN(Cc3cnccc3-c3ccc(Br)cc3)CC2)cc1. The second-order valence-corrected chi connectivity index (χ2v) is 9.24. The Labute approximate surface area is 198 Å². The molecule has 0 saturated carbocycles. The summed E-state index contributed by atoms with van der Waals surface area (Å²) in [6.07, 6.45) is 5.04. The van der Waals surface area contributed by atoms with E-state index < -0.39 is 0 Å². The molecule has 0 unspecified atom stereocenters. The van der Waals surface area contributed by atoms with E-state index in [9.17, 15) is 4.79 Å². The van der Waals surface area contributed by atoms with Crippen molar-refractivity contribution in [2.75, 3.05) is 31.5 Å². The molecule has 6 heteroatoms. The first-order chi connectivity index (χ1) is 15.6. The molecule has 4 rings (SSSR count). The van der Waals surface area contributed by atoms with Crippen molar-refractivity contribution in [1.82, 2.24) is 14.8 Å². The van der Waals surface area contributed by atoms with Crippen molar-refractivity contribution in [3.8, 4) is 11.1 Å². The molecule has 0 spiro atoms. The quantitative estimate of drug-likeness (QED) is 0.515. The molecule has 0 bridgehead atoms. The number of pyridine rings is 1. The summed E-state index contributed by atoms with van der Waals surface area (Å²) in [5, 5.41) is 2.83. The number of halogens is 1. The topological polar surface area (TPSA) is 48.5 Å². The molecule has 3 aromatic rings. The molecule has 1 aliphatic rings. The third kappa shape index (κ3) is 6.25. The number of benzene rings is 2. The van der Waals surface area contributed by atoms with Gasteiger partial charge in [-0.15, -0.1) is 0 Å². The Kier molecular flexibility index (Phi) is 7.68. The molecule has 166 valence electrons. The van der Waals surface area contributed by atoms with Crippen LogP contribution in [-0.4, -0.2) is 46.9 Å². The fourth-order valence-corrected chi connectivity index (χ4v) is 4.47. The average molecular weight is 493 g/mol. The Hall–Kier alpha value is -2.54. The number of hydrogen-bond acceptors (Lipinski definition) is 4. The molecule has 0 aliphatic carbocycles. The predicted octanol–water partition coefficient (Wildman–Crippen LogP) is 5.18. The maximum atomic E-state index is 11.2. The van der Waals surface area contributed by atoms with Gasteiger partial charge in [-0.1, -0.05) is 40.2 Å². The van der Waals surface area contributed by atoms with Gasteiger partial charge in [-0.05, 0) is 72.1 Å². The van der Waals surface area contributed by atoms with E-state index in [4.69, 9.17) is 0 Å². The van der Waals surface area contributed by atoms with Crippen LogP contribution in [0.15, 0.2) is 71.5 Å². The normalized spacial score (nSPS) is 15.3. The molecular formula is C26H29BrN4O. The molecular weight excluding hydrogens is 464 g/mol. The van der Waals surface area contributed by atoms with Crippen LogP contribution in [0, 0.1) is 0 Å². The van der Waals surface area contributed by atoms with E-state index in [1.54, 1.807) is 0 Å². The molecule has 5 nitrogen and oxygen atoms in total. The van der Waals surface area contributed by atoms with E-state index in [0.29, 0.717) is 0 Å². The molecule has 1 amide bonds. The van der Waals surface area contributed by atoms with Crippen LogP contribution in [0.4, 0.5) is 5.69 Å². The third-order valence-electron chi connectivity index (χ3n) is 5.81. The van der Waals surface area contributed by atoms with Crippen LogP contribution in [0.2, 0.25) is 0 Å². The maximum Gasteiger partial charge on any atom is 0.221 e. The summed E-state index contributed by atoms with van der Waals surface area (Å²) in [7, 11) is 0. The van der Waals surface area contributed by atoms with Crippen molar-refractivity contribution >= 4 is 27.5 Å². The monoisotopic (exact) mass is 492 g/mol. The molecule has 1 aliphatic heterocycles. The number of carbonyl (C=O) groups excluding carboxylic acids is 1. The predicted molar refractivity (Wildman–Crippen MR) is 133 cm³/mol. The zero-order chi connectivity index (χ0) is 22.3. The van der Waals surface area contributed by atoms with E-state index in [1.165, 1.54) is 29.2 Å². The van der Waals surface area contributed by atoms with E-state index >= 15 is 0 Å². The highest BCUT2D eigenvalue weighted by atomic mass is 79.9. The first kappa shape index (κ1) is 22.6. The van der Waals surface area contributed by atoms with Crippen LogP contribution in [0.5, 0.6) is 0 Å². The van der Waals surface area contributed by atoms with Crippen molar-refractivity contribution in [2.24, 2.45) is 0 Å². The number of aromatic nitrogens is 1. The second kappa shape index (κ2) is 10.9. The van der Waals surface area contributed by atoms with Gasteiger partial charge in [0.05, 0.1) is 0 Å². The van der Waals surface area contributed by atoms with Crippen molar-refractivity contribution in [3.63, 3.8) is 0 Å². The molecule has 2 heterocycles. The molecule has 0 atom stereocenters. The Morgan fingerprint density at radius 1 is 0.938 bits per heavy atom. The third-order valence-corrected chi connectivity index (χ3v) is 6.34. The summed E-state index contributed by atoms with van der Waals surface area (Å²) in [5.74, 6) is -0.0396. The summed E-state index contributed by atoms with van der Waals surface area (Å²) in [6, 6.07) is 18.8. The van der Waals surface area contributed by atoms with E-state index in [-0.39, 0.29) is 5.91 Å². The van der Waals surface area contributed by atoms with E-state index in [2.05, 4.69) is 78.5 Å². The largest absolute Gasteiger partial charge is 0.326 e. The Balaban J connectivity index is 1.36. The van der Waals surface area contributed by atoms with Crippen LogP contribution in [0.25, 0.3) is 11.1 Å². The van der Waals surface area contributed by atoms with Gasteiger partial charge in [0, 0.05) is 55.7 Å². The van der Waals surface area contributed by atoms with E-state index in [1.807, 2.05) is 24.5 Å². The van der Waals surface area contributed by atoms with Crippen molar-refractivity contribution < 1.29 is 4.79 Å². The summed E-state index contributed by atoms with van der Waals surface area (Å²) in [5.41, 5.74) is 5.88. The number of carbonyl (C=O) groups is 1. The van der Waals surface area contributed by atoms with Crippen LogP contribution in [0.3, 0.4) is 0 Å². The Bertz CT molecular complexity index is 1040. The fourth-order valence-electron chi connectivity index (χ4n) is 4.20. The van der Waals surface area contributed by atoms with Gasteiger partial charge in [0.25, 0.3) is 0 Å². The lowest BCUT2D eigenvalue weighted by Gasteiger charge is -2.23. The molecule has 2 aromatic carbocycles. The molecule has 1 aromatic heterocycles. The van der Waals surface area contributed by atoms with Gasteiger partial charge in [-0.25, -0.2) is 0 Å². The van der Waals surface area contributed by atoms with Crippen LogP contribution in [-0.2, 0) is 17.9 Å². The Morgan fingerprint density at radius 3 is 2.31 bits per heavy atom. The van der Waals surface area contributed by atoms with Crippen LogP contribution < -0.4 is 5.32 Å². The van der Waals surface area contributed by atoms with Crippen molar-refractivity contribution in [1.29, 1.82) is 0 Å². The number of rotatable bonds is 6. The number of nitrogens with one attached hydrogen (secondary N) is 1. The van der Waals surface area contributed by atoms with Gasteiger partial charge in [0.1, 0.15) is 0 Å². The zero-order valence-electron chi connectivity index (χ0n) is 18.4. The van der Waals surface area contributed by atoms with Gasteiger partial charge < -0.3 is 5.32 Å². The minimum Gasteiger partial charge on any atom is -0.326 e. The van der Waals surface area contributed by atoms with Crippen molar-refractivity contribution in [2.45, 2.75) is 26.4 Å². The second-order valence-electron chi connectivity index (χ2n) is 8.32. The summed E-state index contributed by atoms with van der Waals surface area (Å²) in [4.78, 5) is 20.7. The molecule has 0 radical (unpaired) electrons. The fraction of sp³-hybridized carbons (Fsp3) is 0.308. The van der Waals surface area contributed by atoms with E-state index in [0.717, 1.165) is 55.8 Å². The zero-order valence-corrected chi connectivity index (χ0v) is 20.0. The summed E-state index contributed by atoms with van der Waals surface area (Å²) >= 11 is 3.53. The van der Waals surface area contributed by atoms with Gasteiger partial charge >= 0.3 is 0 Å². The smallest absolute Gasteiger partial charge is 0.221 e. The number of amides is 1. The molecule has 1 fully saturated rings. The average Bonchev–Trinajstić information content (AvgIpc) is 3.01. The van der Waals surface area contributed by atoms with Gasteiger partial charge in [-0.3, -0.25) is 19.6 Å². The first-order valence-corrected chi connectivity index (χ1v) is 11.9. The minimum absolute atomic E-state index is 0.0396. The number of hydrogen-bond donors (Lipinski definition) is 1. The number of anilines is 1. The van der Waals surface area contributed by atoms with Gasteiger partial charge in [0.15, 0.2) is 0 Å². The maximum absolute atomic E-state index is 11.2.